The lowest BCUT2D eigenvalue weighted by Gasteiger charge is -2.37. The molecule has 4 atom stereocenters. The van der Waals surface area contributed by atoms with Gasteiger partial charge in [0.1, 0.15) is 12.6 Å². The molecular weight excluding hydrogens is 406 g/mol. The van der Waals surface area contributed by atoms with Crippen LogP contribution in [0.2, 0.25) is 0 Å². The number of amides is 3. The number of piperidine rings is 1. The Labute approximate surface area is 187 Å². The molecule has 0 bridgehead atoms. The van der Waals surface area contributed by atoms with Crippen LogP contribution in [-0.4, -0.2) is 51.0 Å². The molecule has 1 aromatic carbocycles. The zero-order valence-corrected chi connectivity index (χ0v) is 18.7. The summed E-state index contributed by atoms with van der Waals surface area (Å²) in [5.41, 5.74) is 6.56. The standard InChI is InChI=1S/C24H31N5O3/c1-24(2)9-5-6-15(11-24)26-23(32)21-17-10-14(17)12-28(21)19(30)13-29-18-8-4-3-7-16(18)20(27-29)22(25)31/h3-4,7-8,14-15,17,21H,5-6,9-13H2,1-2H3,(H2,25,31)(H,26,32)/t14-,15?,17-,21+/m1/s1. The van der Waals surface area contributed by atoms with Gasteiger partial charge in [0.25, 0.3) is 5.91 Å². The monoisotopic (exact) mass is 437 g/mol. The molecule has 2 aliphatic carbocycles. The van der Waals surface area contributed by atoms with Crippen molar-refractivity contribution in [3.8, 4) is 0 Å². The van der Waals surface area contributed by atoms with Crippen LogP contribution >= 0.6 is 0 Å². The summed E-state index contributed by atoms with van der Waals surface area (Å²) in [6.07, 6.45) is 5.28. The van der Waals surface area contributed by atoms with Crippen LogP contribution in [0.3, 0.4) is 0 Å². The van der Waals surface area contributed by atoms with Gasteiger partial charge in [-0.25, -0.2) is 0 Å². The summed E-state index contributed by atoms with van der Waals surface area (Å²) in [7, 11) is 0. The molecule has 2 saturated carbocycles. The van der Waals surface area contributed by atoms with Crippen LogP contribution in [0.5, 0.6) is 0 Å². The Kier molecular flexibility index (Phi) is 4.98. The number of hydrogen-bond acceptors (Lipinski definition) is 4. The number of para-hydroxylation sites is 1. The number of likely N-dealkylation sites (tertiary alicyclic amines) is 1. The van der Waals surface area contributed by atoms with E-state index in [9.17, 15) is 14.4 Å². The molecule has 2 aromatic rings. The first-order valence-corrected chi connectivity index (χ1v) is 11.6. The molecule has 2 heterocycles. The largest absolute Gasteiger partial charge is 0.364 e. The minimum absolute atomic E-state index is 0.0193. The van der Waals surface area contributed by atoms with Gasteiger partial charge in [-0.1, -0.05) is 38.5 Å². The Morgan fingerprint density at radius 1 is 1.25 bits per heavy atom. The number of nitrogens with one attached hydrogen (secondary N) is 1. The number of carbonyl (C=O) groups is 3. The summed E-state index contributed by atoms with van der Waals surface area (Å²) in [4.78, 5) is 40.0. The second-order valence-corrected chi connectivity index (χ2v) is 10.5. The Hall–Kier alpha value is -2.90. The molecule has 1 unspecified atom stereocenters. The average Bonchev–Trinajstić information content (AvgIpc) is 3.23. The molecule has 5 rings (SSSR count). The molecule has 170 valence electrons. The van der Waals surface area contributed by atoms with Crippen molar-refractivity contribution in [2.75, 3.05) is 6.54 Å². The van der Waals surface area contributed by atoms with Crippen LogP contribution in [0, 0.1) is 17.3 Å². The average molecular weight is 438 g/mol. The summed E-state index contributed by atoms with van der Waals surface area (Å²) in [6, 6.07) is 7.00. The Morgan fingerprint density at radius 2 is 2.03 bits per heavy atom. The number of carbonyl (C=O) groups excluding carboxylic acids is 3. The van der Waals surface area contributed by atoms with Crippen LogP contribution in [0.1, 0.15) is 56.4 Å². The van der Waals surface area contributed by atoms with E-state index in [2.05, 4.69) is 24.3 Å². The number of primary amides is 1. The Bertz CT molecular complexity index is 1090. The lowest BCUT2D eigenvalue weighted by atomic mass is 9.75. The van der Waals surface area contributed by atoms with Crippen LogP contribution in [-0.2, 0) is 16.1 Å². The third-order valence-electron chi connectivity index (χ3n) is 7.47. The van der Waals surface area contributed by atoms with Gasteiger partial charge >= 0.3 is 0 Å². The highest BCUT2D eigenvalue weighted by Crippen LogP contribution is 2.50. The number of fused-ring (bicyclic) bond motifs is 2. The van der Waals surface area contributed by atoms with Gasteiger partial charge in [0.05, 0.1) is 5.52 Å². The third-order valence-corrected chi connectivity index (χ3v) is 7.47. The molecule has 1 aliphatic heterocycles. The predicted molar refractivity (Wildman–Crippen MR) is 120 cm³/mol. The number of nitrogens with two attached hydrogens (primary N) is 1. The smallest absolute Gasteiger partial charge is 0.269 e. The van der Waals surface area contributed by atoms with Gasteiger partial charge in [-0.15, -0.1) is 0 Å². The van der Waals surface area contributed by atoms with Crippen molar-refractivity contribution in [1.29, 1.82) is 0 Å². The highest BCUT2D eigenvalue weighted by molar-refractivity contribution is 6.04. The van der Waals surface area contributed by atoms with Gasteiger partial charge in [-0.05, 0) is 49.0 Å². The molecule has 1 aromatic heterocycles. The molecule has 1 saturated heterocycles. The summed E-state index contributed by atoms with van der Waals surface area (Å²) in [6.45, 7) is 5.10. The predicted octanol–water partition coefficient (Wildman–Crippen LogP) is 2.07. The van der Waals surface area contributed by atoms with Crippen molar-refractivity contribution in [2.45, 2.75) is 64.6 Å². The van der Waals surface area contributed by atoms with E-state index < -0.39 is 11.9 Å². The quantitative estimate of drug-likeness (QED) is 0.746. The summed E-state index contributed by atoms with van der Waals surface area (Å²) >= 11 is 0. The molecule has 3 aliphatic rings. The molecule has 3 N–H and O–H groups in total. The van der Waals surface area contributed by atoms with Gasteiger partial charge in [-0.3, -0.25) is 19.1 Å². The van der Waals surface area contributed by atoms with Crippen molar-refractivity contribution >= 4 is 28.6 Å². The maximum absolute atomic E-state index is 13.3. The fraction of sp³-hybridized carbons (Fsp3) is 0.583. The van der Waals surface area contributed by atoms with Crippen LogP contribution in [0.4, 0.5) is 0 Å². The van der Waals surface area contributed by atoms with Crippen molar-refractivity contribution in [1.82, 2.24) is 20.0 Å². The zero-order valence-electron chi connectivity index (χ0n) is 18.7. The van der Waals surface area contributed by atoms with Gasteiger partial charge in [0.2, 0.25) is 11.8 Å². The molecular formula is C24H31N5O3. The van der Waals surface area contributed by atoms with Crippen molar-refractivity contribution in [3.05, 3.63) is 30.0 Å². The van der Waals surface area contributed by atoms with E-state index in [1.54, 1.807) is 11.0 Å². The zero-order chi connectivity index (χ0) is 22.6. The summed E-state index contributed by atoms with van der Waals surface area (Å²) in [5, 5.41) is 8.19. The van der Waals surface area contributed by atoms with Crippen LogP contribution in [0.15, 0.2) is 24.3 Å². The molecule has 0 spiro atoms. The van der Waals surface area contributed by atoms with Gasteiger partial charge < -0.3 is 16.0 Å². The van der Waals surface area contributed by atoms with Crippen molar-refractivity contribution in [3.63, 3.8) is 0 Å². The first-order valence-electron chi connectivity index (χ1n) is 11.6. The first-order chi connectivity index (χ1) is 15.2. The van der Waals surface area contributed by atoms with Gasteiger partial charge in [-0.2, -0.15) is 5.10 Å². The summed E-state index contributed by atoms with van der Waals surface area (Å²) < 4.78 is 1.53. The van der Waals surface area contributed by atoms with Crippen molar-refractivity contribution < 1.29 is 14.4 Å². The number of hydrogen-bond donors (Lipinski definition) is 2. The minimum Gasteiger partial charge on any atom is -0.364 e. The molecule has 3 amide bonds. The maximum Gasteiger partial charge on any atom is 0.269 e. The normalized spacial score (nSPS) is 28.4. The van der Waals surface area contributed by atoms with Gasteiger partial charge in [0.15, 0.2) is 5.69 Å². The number of rotatable bonds is 5. The molecule has 32 heavy (non-hydrogen) atoms. The van der Waals surface area contributed by atoms with Gasteiger partial charge in [0, 0.05) is 18.0 Å². The highest BCUT2D eigenvalue weighted by atomic mass is 16.2. The lowest BCUT2D eigenvalue weighted by molar-refractivity contribution is -0.140. The van der Waals surface area contributed by atoms with Crippen LogP contribution < -0.4 is 11.1 Å². The molecule has 8 heteroatoms. The van der Waals surface area contributed by atoms with Crippen LogP contribution in [0.25, 0.3) is 10.9 Å². The topological polar surface area (TPSA) is 110 Å². The van der Waals surface area contributed by atoms with E-state index >= 15 is 0 Å². The molecule has 3 fully saturated rings. The number of aromatic nitrogens is 2. The van der Waals surface area contributed by atoms with E-state index in [1.165, 1.54) is 11.1 Å². The minimum atomic E-state index is -0.623. The SMILES string of the molecule is CC1(C)CCCC(NC(=O)[C@@H]2[C@@H]3C[C@@H]3CN2C(=O)Cn2nc(C(N)=O)c3ccccc32)C1. The number of nitrogens with zero attached hydrogens (tertiary/aromatic N) is 3. The third kappa shape index (κ3) is 3.76. The second-order valence-electron chi connectivity index (χ2n) is 10.5. The van der Waals surface area contributed by atoms with E-state index in [0.29, 0.717) is 23.4 Å². The Morgan fingerprint density at radius 3 is 2.78 bits per heavy atom. The highest BCUT2D eigenvalue weighted by Gasteiger charge is 2.57. The second kappa shape index (κ2) is 7.60. The lowest BCUT2D eigenvalue weighted by Crippen LogP contribution is -2.52. The van der Waals surface area contributed by atoms with Crippen molar-refractivity contribution in [2.24, 2.45) is 23.0 Å². The molecule has 0 radical (unpaired) electrons. The first kappa shape index (κ1) is 21.0. The number of benzene rings is 1. The Balaban J connectivity index is 1.32. The summed E-state index contributed by atoms with van der Waals surface area (Å²) in [5.74, 6) is -0.124. The van der Waals surface area contributed by atoms with E-state index in [1.807, 2.05) is 18.2 Å². The van der Waals surface area contributed by atoms with E-state index in [-0.39, 0.29) is 41.4 Å². The molecule has 8 nitrogen and oxygen atoms in total. The fourth-order valence-corrected chi connectivity index (χ4v) is 5.81. The van der Waals surface area contributed by atoms with E-state index in [0.717, 1.165) is 25.7 Å². The fourth-order valence-electron chi connectivity index (χ4n) is 5.81. The van der Waals surface area contributed by atoms with E-state index in [4.69, 9.17) is 5.73 Å². The maximum atomic E-state index is 13.3.